The molecule has 3 nitrogen and oxygen atoms in total. The molecule has 1 aromatic carbocycles. The number of benzene rings is 1. The van der Waals surface area contributed by atoms with Gasteiger partial charge in [0, 0.05) is 5.56 Å². The quantitative estimate of drug-likeness (QED) is 0.729. The highest BCUT2D eigenvalue weighted by molar-refractivity contribution is 5.53. The summed E-state index contributed by atoms with van der Waals surface area (Å²) in [5.74, 6) is -0.226. The van der Waals surface area contributed by atoms with Gasteiger partial charge in [-0.1, -0.05) is 0 Å². The zero-order chi connectivity index (χ0) is 9.26. The van der Waals surface area contributed by atoms with E-state index in [1.165, 1.54) is 24.3 Å². The van der Waals surface area contributed by atoms with Gasteiger partial charge in [0.25, 0.3) is 5.88 Å². The number of hydrogen-bond acceptors (Lipinski definition) is 3. The van der Waals surface area contributed by atoms with Gasteiger partial charge in [0.05, 0.1) is 0 Å². The SMILES string of the molecule is Oc1coc(-c2ccc(F)cc2)n1. The summed E-state index contributed by atoms with van der Waals surface area (Å²) in [6, 6.07) is 5.66. The van der Waals surface area contributed by atoms with Crippen LogP contribution in [0.3, 0.4) is 0 Å². The Labute approximate surface area is 73.5 Å². The maximum absolute atomic E-state index is 12.5. The average Bonchev–Trinajstić information content (AvgIpc) is 2.53. The summed E-state index contributed by atoms with van der Waals surface area (Å²) >= 11 is 0. The van der Waals surface area contributed by atoms with Crippen molar-refractivity contribution < 1.29 is 13.9 Å². The first-order chi connectivity index (χ1) is 6.25. The van der Waals surface area contributed by atoms with Crippen LogP contribution in [-0.4, -0.2) is 10.1 Å². The van der Waals surface area contributed by atoms with E-state index in [0.29, 0.717) is 5.56 Å². The fraction of sp³-hybridized carbons (Fsp3) is 0. The Morgan fingerprint density at radius 2 is 1.92 bits per heavy atom. The van der Waals surface area contributed by atoms with Gasteiger partial charge >= 0.3 is 0 Å². The zero-order valence-corrected chi connectivity index (χ0v) is 6.57. The van der Waals surface area contributed by atoms with Crippen molar-refractivity contribution in [2.24, 2.45) is 0 Å². The first kappa shape index (κ1) is 7.79. The van der Waals surface area contributed by atoms with Gasteiger partial charge in [-0.05, 0) is 24.3 Å². The second-order valence-electron chi connectivity index (χ2n) is 2.52. The largest absolute Gasteiger partial charge is 0.491 e. The van der Waals surface area contributed by atoms with E-state index in [-0.39, 0.29) is 17.6 Å². The maximum Gasteiger partial charge on any atom is 0.250 e. The van der Waals surface area contributed by atoms with Gasteiger partial charge in [-0.2, -0.15) is 4.98 Å². The van der Waals surface area contributed by atoms with Crippen LogP contribution in [0.2, 0.25) is 0 Å². The molecule has 0 fully saturated rings. The van der Waals surface area contributed by atoms with Crippen LogP contribution in [0.25, 0.3) is 11.5 Å². The number of oxazole rings is 1. The molecular weight excluding hydrogens is 173 g/mol. The molecule has 4 heteroatoms. The second-order valence-corrected chi connectivity index (χ2v) is 2.52. The van der Waals surface area contributed by atoms with Crippen molar-refractivity contribution in [1.29, 1.82) is 0 Å². The molecule has 1 heterocycles. The Balaban J connectivity index is 2.41. The van der Waals surface area contributed by atoms with E-state index in [1.807, 2.05) is 0 Å². The molecule has 2 rings (SSSR count). The lowest BCUT2D eigenvalue weighted by molar-refractivity contribution is 0.448. The van der Waals surface area contributed by atoms with Crippen molar-refractivity contribution in [3.05, 3.63) is 36.3 Å². The predicted molar refractivity (Wildman–Crippen MR) is 43.6 cm³/mol. The first-order valence-corrected chi connectivity index (χ1v) is 3.66. The van der Waals surface area contributed by atoms with Crippen molar-refractivity contribution in [3.8, 4) is 17.3 Å². The minimum Gasteiger partial charge on any atom is -0.491 e. The minimum absolute atomic E-state index is 0.181. The molecule has 66 valence electrons. The number of halogens is 1. The summed E-state index contributed by atoms with van der Waals surface area (Å²) in [6.45, 7) is 0. The van der Waals surface area contributed by atoms with Crippen LogP contribution in [0, 0.1) is 5.82 Å². The number of hydrogen-bond donors (Lipinski definition) is 1. The molecule has 0 bridgehead atoms. The summed E-state index contributed by atoms with van der Waals surface area (Å²) in [7, 11) is 0. The molecule has 0 aliphatic carbocycles. The highest BCUT2D eigenvalue weighted by Gasteiger charge is 2.04. The standard InChI is InChI=1S/C9H6FNO2/c10-7-3-1-6(2-4-7)9-11-8(12)5-13-9/h1-5,12H. The Morgan fingerprint density at radius 1 is 1.23 bits per heavy atom. The van der Waals surface area contributed by atoms with E-state index in [9.17, 15) is 4.39 Å². The molecule has 0 aliphatic rings. The highest BCUT2D eigenvalue weighted by atomic mass is 19.1. The minimum atomic E-state index is -0.320. The van der Waals surface area contributed by atoms with Crippen molar-refractivity contribution in [2.75, 3.05) is 0 Å². The molecule has 0 atom stereocenters. The van der Waals surface area contributed by atoms with Crippen molar-refractivity contribution in [2.45, 2.75) is 0 Å². The fourth-order valence-corrected chi connectivity index (χ4v) is 0.990. The normalized spacial score (nSPS) is 10.2. The zero-order valence-electron chi connectivity index (χ0n) is 6.57. The van der Waals surface area contributed by atoms with Gasteiger partial charge in [-0.25, -0.2) is 4.39 Å². The lowest BCUT2D eigenvalue weighted by Crippen LogP contribution is -1.77. The van der Waals surface area contributed by atoms with E-state index in [1.54, 1.807) is 0 Å². The Kier molecular flexibility index (Phi) is 1.73. The molecular formula is C9H6FNO2. The summed E-state index contributed by atoms with van der Waals surface area (Å²) in [6.07, 6.45) is 1.12. The third-order valence-electron chi connectivity index (χ3n) is 1.58. The second kappa shape index (κ2) is 2.90. The first-order valence-electron chi connectivity index (χ1n) is 3.66. The van der Waals surface area contributed by atoms with Gasteiger partial charge < -0.3 is 9.52 Å². The molecule has 0 saturated carbocycles. The van der Waals surface area contributed by atoms with Crippen LogP contribution in [0.4, 0.5) is 4.39 Å². The fourth-order valence-electron chi connectivity index (χ4n) is 0.990. The molecule has 0 aliphatic heterocycles. The van der Waals surface area contributed by atoms with E-state index in [0.717, 1.165) is 6.26 Å². The van der Waals surface area contributed by atoms with Gasteiger partial charge in [-0.3, -0.25) is 0 Å². The van der Waals surface area contributed by atoms with E-state index in [4.69, 9.17) is 9.52 Å². The Hall–Kier alpha value is -1.84. The number of aromatic hydroxyl groups is 1. The lowest BCUT2D eigenvalue weighted by atomic mass is 10.2. The third-order valence-corrected chi connectivity index (χ3v) is 1.58. The van der Waals surface area contributed by atoms with Crippen LogP contribution < -0.4 is 0 Å². The van der Waals surface area contributed by atoms with Crippen LogP contribution in [0.5, 0.6) is 5.88 Å². The average molecular weight is 179 g/mol. The Morgan fingerprint density at radius 3 is 2.46 bits per heavy atom. The molecule has 0 amide bonds. The van der Waals surface area contributed by atoms with Crippen molar-refractivity contribution in [1.82, 2.24) is 4.98 Å². The molecule has 0 radical (unpaired) electrons. The topological polar surface area (TPSA) is 46.3 Å². The summed E-state index contributed by atoms with van der Waals surface area (Å²) in [4.78, 5) is 3.68. The molecule has 0 spiro atoms. The molecule has 13 heavy (non-hydrogen) atoms. The molecule has 2 aromatic rings. The van der Waals surface area contributed by atoms with E-state index < -0.39 is 0 Å². The summed E-state index contributed by atoms with van der Waals surface area (Å²) in [5, 5.41) is 8.89. The molecule has 1 N–H and O–H groups in total. The Bertz CT molecular complexity index is 408. The summed E-state index contributed by atoms with van der Waals surface area (Å²) in [5.41, 5.74) is 0.627. The maximum atomic E-state index is 12.5. The molecule has 1 aromatic heterocycles. The smallest absolute Gasteiger partial charge is 0.250 e. The van der Waals surface area contributed by atoms with Crippen molar-refractivity contribution >= 4 is 0 Å². The highest BCUT2D eigenvalue weighted by Crippen LogP contribution is 2.20. The number of rotatable bonds is 1. The third kappa shape index (κ3) is 1.51. The van der Waals surface area contributed by atoms with Gasteiger partial charge in [-0.15, -0.1) is 0 Å². The monoisotopic (exact) mass is 179 g/mol. The van der Waals surface area contributed by atoms with E-state index in [2.05, 4.69) is 4.98 Å². The number of aromatic nitrogens is 1. The van der Waals surface area contributed by atoms with Gasteiger partial charge in [0.15, 0.2) is 6.26 Å². The van der Waals surface area contributed by atoms with Gasteiger partial charge in [0.2, 0.25) is 5.89 Å². The van der Waals surface area contributed by atoms with Crippen LogP contribution in [0.1, 0.15) is 0 Å². The number of nitrogens with zero attached hydrogens (tertiary/aromatic N) is 1. The van der Waals surface area contributed by atoms with Gasteiger partial charge in [0.1, 0.15) is 5.82 Å². The predicted octanol–water partition coefficient (Wildman–Crippen LogP) is 2.19. The van der Waals surface area contributed by atoms with Crippen molar-refractivity contribution in [3.63, 3.8) is 0 Å². The lowest BCUT2D eigenvalue weighted by Gasteiger charge is -1.92. The van der Waals surface area contributed by atoms with E-state index >= 15 is 0 Å². The van der Waals surface area contributed by atoms with Crippen LogP contribution >= 0.6 is 0 Å². The molecule has 0 saturated heterocycles. The summed E-state index contributed by atoms with van der Waals surface area (Å²) < 4.78 is 17.4. The van der Waals surface area contributed by atoms with Crippen LogP contribution in [0.15, 0.2) is 34.9 Å². The van der Waals surface area contributed by atoms with Crippen LogP contribution in [-0.2, 0) is 0 Å². The molecule has 0 unspecified atom stereocenters.